The maximum absolute atomic E-state index is 13.3. The monoisotopic (exact) mass is 363 g/mol. The van der Waals surface area contributed by atoms with E-state index in [1.807, 2.05) is 0 Å². The molecule has 0 atom stereocenters. The number of rotatable bonds is 3. The number of carbonyl (C=O) groups is 3. The number of carboxylic acids is 1. The Balaban J connectivity index is 1.52. The number of halogens is 1. The number of hydrogen-bond acceptors (Lipinski definition) is 3. The predicted molar refractivity (Wildman–Crippen MR) is 92.2 cm³/mol. The van der Waals surface area contributed by atoms with Crippen molar-refractivity contribution in [2.24, 2.45) is 5.92 Å². The van der Waals surface area contributed by atoms with E-state index in [1.165, 1.54) is 21.9 Å². The van der Waals surface area contributed by atoms with Crippen molar-refractivity contribution >= 4 is 23.6 Å². The summed E-state index contributed by atoms with van der Waals surface area (Å²) in [7, 11) is 0. The van der Waals surface area contributed by atoms with Crippen LogP contribution in [-0.4, -0.2) is 53.6 Å². The Hall–Kier alpha value is -2.64. The molecule has 2 aliphatic rings. The number of aliphatic carboxylic acids is 1. The van der Waals surface area contributed by atoms with Gasteiger partial charge in [0.1, 0.15) is 12.4 Å². The molecule has 0 bridgehead atoms. The predicted octanol–water partition coefficient (Wildman–Crippen LogP) is 1.83. The van der Waals surface area contributed by atoms with Gasteiger partial charge in [-0.15, -0.1) is 0 Å². The van der Waals surface area contributed by atoms with E-state index in [0.29, 0.717) is 44.5 Å². The average Bonchev–Trinajstić information content (AvgIpc) is 2.62. The van der Waals surface area contributed by atoms with Gasteiger partial charge in [0, 0.05) is 24.8 Å². The molecule has 2 fully saturated rings. The highest BCUT2D eigenvalue weighted by Gasteiger charge is 2.31. The normalized spacial score (nSPS) is 23.7. The van der Waals surface area contributed by atoms with Crippen molar-refractivity contribution in [1.82, 2.24) is 10.2 Å². The number of amides is 3. The molecule has 0 radical (unpaired) electrons. The summed E-state index contributed by atoms with van der Waals surface area (Å²) in [4.78, 5) is 38.6. The van der Waals surface area contributed by atoms with Gasteiger partial charge in [-0.1, -0.05) is 6.07 Å². The summed E-state index contributed by atoms with van der Waals surface area (Å²) < 4.78 is 13.3. The summed E-state index contributed by atoms with van der Waals surface area (Å²) in [5.74, 6) is -1.78. The molecule has 1 aromatic rings. The fraction of sp³-hybridized carbons (Fsp3) is 0.500. The molecule has 1 aliphatic heterocycles. The first-order chi connectivity index (χ1) is 12.4. The molecule has 3 rings (SSSR count). The van der Waals surface area contributed by atoms with Crippen LogP contribution in [-0.2, 0) is 9.59 Å². The summed E-state index contributed by atoms with van der Waals surface area (Å²) in [5, 5.41) is 11.9. The zero-order valence-electron chi connectivity index (χ0n) is 14.4. The number of carbonyl (C=O) groups excluding carboxylic acids is 2. The number of nitrogens with zero attached hydrogens (tertiary/aromatic N) is 2. The lowest BCUT2D eigenvalue weighted by atomic mass is 9.86. The number of piperazine rings is 1. The van der Waals surface area contributed by atoms with Gasteiger partial charge in [-0.3, -0.25) is 9.59 Å². The maximum atomic E-state index is 13.3. The smallest absolute Gasteiger partial charge is 0.318 e. The van der Waals surface area contributed by atoms with E-state index in [2.05, 4.69) is 5.32 Å². The Morgan fingerprint density at radius 3 is 2.50 bits per heavy atom. The summed E-state index contributed by atoms with van der Waals surface area (Å²) in [6.07, 6.45) is 2.35. The number of hydrogen-bond donors (Lipinski definition) is 2. The first-order valence-electron chi connectivity index (χ1n) is 8.78. The number of anilines is 1. The Kier molecular flexibility index (Phi) is 5.39. The van der Waals surface area contributed by atoms with Crippen LogP contribution >= 0.6 is 0 Å². The number of benzene rings is 1. The highest BCUT2D eigenvalue weighted by Crippen LogP contribution is 2.25. The summed E-state index contributed by atoms with van der Waals surface area (Å²) in [5.41, 5.74) is 0.488. The van der Waals surface area contributed by atoms with Crippen molar-refractivity contribution in [3.63, 3.8) is 0 Å². The van der Waals surface area contributed by atoms with E-state index in [1.54, 1.807) is 12.1 Å². The van der Waals surface area contributed by atoms with Gasteiger partial charge in [0.25, 0.3) is 0 Å². The van der Waals surface area contributed by atoms with Crippen molar-refractivity contribution in [3.8, 4) is 0 Å². The quantitative estimate of drug-likeness (QED) is 0.857. The van der Waals surface area contributed by atoms with Gasteiger partial charge < -0.3 is 20.2 Å². The van der Waals surface area contributed by atoms with Gasteiger partial charge in [0.2, 0.25) is 5.91 Å². The molecule has 0 aromatic heterocycles. The van der Waals surface area contributed by atoms with E-state index in [9.17, 15) is 18.8 Å². The average molecular weight is 363 g/mol. The van der Waals surface area contributed by atoms with Crippen molar-refractivity contribution in [2.75, 3.05) is 24.5 Å². The fourth-order valence-corrected chi connectivity index (χ4v) is 3.51. The molecule has 1 heterocycles. The topological polar surface area (TPSA) is 89.9 Å². The van der Waals surface area contributed by atoms with Crippen LogP contribution in [0.25, 0.3) is 0 Å². The third-order valence-electron chi connectivity index (χ3n) is 5.03. The lowest BCUT2D eigenvalue weighted by Crippen LogP contribution is -2.56. The summed E-state index contributed by atoms with van der Waals surface area (Å²) in [6.45, 7) is 0.604. The standard InChI is InChI=1S/C18H22FN3O4/c19-13-2-1-3-15(10-13)22-9-8-21(11-16(22)23)18(26)20-14-6-4-12(5-7-14)17(24)25/h1-3,10,12,14H,4-9,11H2,(H,20,26)(H,24,25). The highest BCUT2D eigenvalue weighted by atomic mass is 19.1. The largest absolute Gasteiger partial charge is 0.481 e. The van der Waals surface area contributed by atoms with Gasteiger partial charge >= 0.3 is 12.0 Å². The molecular formula is C18H22FN3O4. The Morgan fingerprint density at radius 1 is 1.15 bits per heavy atom. The molecule has 8 heteroatoms. The third kappa shape index (κ3) is 4.12. The molecule has 2 N–H and O–H groups in total. The second kappa shape index (κ2) is 7.72. The molecule has 1 aliphatic carbocycles. The first kappa shape index (κ1) is 18.2. The molecular weight excluding hydrogens is 341 g/mol. The molecule has 140 valence electrons. The van der Waals surface area contributed by atoms with Gasteiger partial charge in [-0.2, -0.15) is 0 Å². The zero-order valence-corrected chi connectivity index (χ0v) is 14.4. The van der Waals surface area contributed by atoms with Crippen molar-refractivity contribution in [1.29, 1.82) is 0 Å². The van der Waals surface area contributed by atoms with E-state index < -0.39 is 11.8 Å². The minimum atomic E-state index is -0.783. The van der Waals surface area contributed by atoms with Crippen LogP contribution in [0.15, 0.2) is 24.3 Å². The Morgan fingerprint density at radius 2 is 1.88 bits per heavy atom. The Bertz CT molecular complexity index is 703. The minimum absolute atomic E-state index is 0.0607. The summed E-state index contributed by atoms with van der Waals surface area (Å²) >= 11 is 0. The summed E-state index contributed by atoms with van der Waals surface area (Å²) in [6, 6.07) is 5.46. The van der Waals surface area contributed by atoms with Crippen LogP contribution in [0, 0.1) is 11.7 Å². The van der Waals surface area contributed by atoms with Crippen LogP contribution in [0.4, 0.5) is 14.9 Å². The number of carboxylic acid groups (broad SMARTS) is 1. The molecule has 1 aromatic carbocycles. The van der Waals surface area contributed by atoms with E-state index in [0.717, 1.165) is 0 Å². The SMILES string of the molecule is O=C(O)C1CCC(NC(=O)N2CCN(c3cccc(F)c3)C(=O)C2)CC1. The van der Waals surface area contributed by atoms with Crippen LogP contribution < -0.4 is 10.2 Å². The first-order valence-corrected chi connectivity index (χ1v) is 8.78. The number of urea groups is 1. The van der Waals surface area contributed by atoms with Gasteiger partial charge in [0.05, 0.1) is 5.92 Å². The fourth-order valence-electron chi connectivity index (χ4n) is 3.51. The van der Waals surface area contributed by atoms with Crippen LogP contribution in [0.5, 0.6) is 0 Å². The van der Waals surface area contributed by atoms with Crippen LogP contribution in [0.2, 0.25) is 0 Å². The lowest BCUT2D eigenvalue weighted by Gasteiger charge is -2.36. The van der Waals surface area contributed by atoms with E-state index in [4.69, 9.17) is 5.11 Å². The zero-order chi connectivity index (χ0) is 18.7. The molecule has 0 spiro atoms. The lowest BCUT2D eigenvalue weighted by molar-refractivity contribution is -0.142. The van der Waals surface area contributed by atoms with Crippen molar-refractivity contribution < 1.29 is 23.9 Å². The molecule has 26 heavy (non-hydrogen) atoms. The second-order valence-electron chi connectivity index (χ2n) is 6.78. The molecule has 7 nitrogen and oxygen atoms in total. The second-order valence-corrected chi connectivity index (χ2v) is 6.78. The Labute approximate surface area is 150 Å². The molecule has 3 amide bonds. The van der Waals surface area contributed by atoms with Crippen LogP contribution in [0.1, 0.15) is 25.7 Å². The van der Waals surface area contributed by atoms with Gasteiger partial charge in [-0.25, -0.2) is 9.18 Å². The van der Waals surface area contributed by atoms with Crippen molar-refractivity contribution in [2.45, 2.75) is 31.7 Å². The number of nitrogens with one attached hydrogen (secondary N) is 1. The van der Waals surface area contributed by atoms with Gasteiger partial charge in [-0.05, 0) is 43.9 Å². The third-order valence-corrected chi connectivity index (χ3v) is 5.03. The molecule has 0 unspecified atom stereocenters. The van der Waals surface area contributed by atoms with Gasteiger partial charge in [0.15, 0.2) is 0 Å². The maximum Gasteiger partial charge on any atom is 0.318 e. The van der Waals surface area contributed by atoms with Crippen LogP contribution in [0.3, 0.4) is 0 Å². The molecule has 1 saturated carbocycles. The minimum Gasteiger partial charge on any atom is -0.481 e. The molecule has 1 saturated heterocycles. The van der Waals surface area contributed by atoms with E-state index in [-0.39, 0.29) is 30.4 Å². The van der Waals surface area contributed by atoms with Crippen molar-refractivity contribution in [3.05, 3.63) is 30.1 Å². The highest BCUT2D eigenvalue weighted by molar-refractivity contribution is 5.97. The van der Waals surface area contributed by atoms with E-state index >= 15 is 0 Å².